The molecule has 0 saturated heterocycles. The van der Waals surface area contributed by atoms with Gasteiger partial charge in [0.1, 0.15) is 12.4 Å². The number of ether oxygens (including phenoxy) is 1. The molecule has 0 unspecified atom stereocenters. The van der Waals surface area contributed by atoms with Crippen LogP contribution in [0.3, 0.4) is 0 Å². The number of aryl methyl sites for hydroxylation is 2. The van der Waals surface area contributed by atoms with E-state index in [0.29, 0.717) is 6.61 Å². The lowest BCUT2D eigenvalue weighted by Gasteiger charge is -2.10. The van der Waals surface area contributed by atoms with Crippen molar-refractivity contribution >= 4 is 43.8 Å². The average molecular weight is 473 g/mol. The highest BCUT2D eigenvalue weighted by molar-refractivity contribution is 9.10. The van der Waals surface area contributed by atoms with Gasteiger partial charge < -0.3 is 4.74 Å². The molecule has 3 rings (SSSR count). The molecule has 0 aliphatic heterocycles. The second kappa shape index (κ2) is 8.65. The lowest BCUT2D eigenvalue weighted by atomic mass is 10.1. The van der Waals surface area contributed by atoms with Crippen LogP contribution >= 0.6 is 31.9 Å². The quantitative estimate of drug-likeness (QED) is 0.361. The van der Waals surface area contributed by atoms with Crippen molar-refractivity contribution in [2.75, 3.05) is 0 Å². The van der Waals surface area contributed by atoms with Crippen LogP contribution in [0.5, 0.6) is 5.75 Å². The van der Waals surface area contributed by atoms with Crippen molar-refractivity contribution in [3.05, 3.63) is 91.9 Å². The first-order valence-corrected chi connectivity index (χ1v) is 9.88. The summed E-state index contributed by atoms with van der Waals surface area (Å²) in [4.78, 5) is 4.67. The Morgan fingerprint density at radius 3 is 2.38 bits per heavy atom. The number of nitrogens with zero attached hydrogens (tertiary/aromatic N) is 1. The molecule has 0 aliphatic rings. The van der Waals surface area contributed by atoms with Gasteiger partial charge in [-0.05, 0) is 66.9 Å². The topological polar surface area (TPSA) is 21.6 Å². The predicted octanol–water partition coefficient (Wildman–Crippen LogP) is 7.16. The minimum atomic E-state index is 0.513. The lowest BCUT2D eigenvalue weighted by Crippen LogP contribution is -1.98. The van der Waals surface area contributed by atoms with Crippen LogP contribution in [0.15, 0.2) is 74.6 Å². The Morgan fingerprint density at radius 1 is 0.885 bits per heavy atom. The molecule has 0 aromatic heterocycles. The summed E-state index contributed by atoms with van der Waals surface area (Å²) < 4.78 is 8.09. The van der Waals surface area contributed by atoms with Gasteiger partial charge in [0.2, 0.25) is 0 Å². The van der Waals surface area contributed by atoms with Crippen LogP contribution in [0.25, 0.3) is 0 Å². The van der Waals surface area contributed by atoms with E-state index in [1.54, 1.807) is 0 Å². The van der Waals surface area contributed by atoms with Gasteiger partial charge in [0, 0.05) is 20.7 Å². The van der Waals surface area contributed by atoms with Crippen molar-refractivity contribution in [3.63, 3.8) is 0 Å². The molecule has 0 N–H and O–H groups in total. The maximum absolute atomic E-state index is 6.03. The highest BCUT2D eigenvalue weighted by atomic mass is 79.9. The van der Waals surface area contributed by atoms with Crippen LogP contribution in [-0.4, -0.2) is 6.21 Å². The van der Waals surface area contributed by atoms with Gasteiger partial charge in [-0.15, -0.1) is 0 Å². The van der Waals surface area contributed by atoms with Crippen LogP contribution < -0.4 is 4.74 Å². The van der Waals surface area contributed by atoms with Gasteiger partial charge in [-0.25, -0.2) is 0 Å². The zero-order chi connectivity index (χ0) is 18.5. The van der Waals surface area contributed by atoms with Crippen LogP contribution in [0, 0.1) is 13.8 Å². The van der Waals surface area contributed by atoms with Crippen molar-refractivity contribution in [3.8, 4) is 5.75 Å². The van der Waals surface area contributed by atoms with Crippen molar-refractivity contribution < 1.29 is 4.74 Å². The zero-order valence-electron chi connectivity index (χ0n) is 14.7. The smallest absolute Gasteiger partial charge is 0.128 e. The number of halogens is 2. The van der Waals surface area contributed by atoms with E-state index < -0.39 is 0 Å². The minimum absolute atomic E-state index is 0.513. The van der Waals surface area contributed by atoms with Crippen molar-refractivity contribution in [2.45, 2.75) is 20.5 Å². The Morgan fingerprint density at radius 2 is 1.62 bits per heavy atom. The fraction of sp³-hybridized carbons (Fsp3) is 0.136. The van der Waals surface area contributed by atoms with Gasteiger partial charge in [-0.2, -0.15) is 0 Å². The molecule has 0 bridgehead atoms. The summed E-state index contributed by atoms with van der Waals surface area (Å²) in [7, 11) is 0. The summed E-state index contributed by atoms with van der Waals surface area (Å²) in [5.74, 6) is 0.810. The summed E-state index contributed by atoms with van der Waals surface area (Å²) in [6.45, 7) is 4.65. The Kier molecular flexibility index (Phi) is 6.28. The highest BCUT2D eigenvalue weighted by Gasteiger charge is 2.05. The van der Waals surface area contributed by atoms with Gasteiger partial charge in [0.15, 0.2) is 0 Å². The number of aliphatic imine (C=N–C) groups is 1. The number of hydrogen-bond donors (Lipinski definition) is 0. The molecule has 3 aromatic rings. The third-order valence-electron chi connectivity index (χ3n) is 3.99. The van der Waals surface area contributed by atoms with E-state index in [9.17, 15) is 0 Å². The minimum Gasteiger partial charge on any atom is -0.488 e. The molecule has 0 fully saturated rings. The molecule has 0 aliphatic carbocycles. The molecular formula is C22H19Br2NO. The summed E-state index contributed by atoms with van der Waals surface area (Å²) in [6.07, 6.45) is 1.86. The predicted molar refractivity (Wildman–Crippen MR) is 116 cm³/mol. The van der Waals surface area contributed by atoms with Crippen LogP contribution in [-0.2, 0) is 6.61 Å². The first-order chi connectivity index (χ1) is 12.5. The third kappa shape index (κ3) is 5.05. The SMILES string of the molecule is Cc1ccc(C)c(N=Cc2cc(Br)ccc2OCc2ccc(Br)cc2)c1. The summed E-state index contributed by atoms with van der Waals surface area (Å²) >= 11 is 6.98. The number of benzene rings is 3. The van der Waals surface area contributed by atoms with Crippen LogP contribution in [0.1, 0.15) is 22.3 Å². The maximum atomic E-state index is 6.03. The molecule has 0 spiro atoms. The Bertz CT molecular complexity index is 933. The summed E-state index contributed by atoms with van der Waals surface area (Å²) in [5, 5.41) is 0. The Hall–Kier alpha value is -1.91. The molecule has 4 heteroatoms. The van der Waals surface area contributed by atoms with Crippen molar-refractivity contribution in [1.29, 1.82) is 0 Å². The number of rotatable bonds is 5. The molecule has 0 saturated carbocycles. The van der Waals surface area contributed by atoms with Gasteiger partial charge in [-0.1, -0.05) is 56.1 Å². The summed E-state index contributed by atoms with van der Waals surface area (Å²) in [5.41, 5.74) is 5.39. The molecule has 132 valence electrons. The van der Waals surface area contributed by atoms with E-state index in [1.807, 2.05) is 48.7 Å². The van der Waals surface area contributed by atoms with Crippen molar-refractivity contribution in [1.82, 2.24) is 0 Å². The molecule has 0 amide bonds. The van der Waals surface area contributed by atoms with Crippen LogP contribution in [0.2, 0.25) is 0 Å². The fourth-order valence-electron chi connectivity index (χ4n) is 2.49. The molecule has 26 heavy (non-hydrogen) atoms. The molecular weight excluding hydrogens is 454 g/mol. The second-order valence-electron chi connectivity index (χ2n) is 6.15. The van der Waals surface area contributed by atoms with Gasteiger partial charge >= 0.3 is 0 Å². The van der Waals surface area contributed by atoms with Crippen LogP contribution in [0.4, 0.5) is 5.69 Å². The lowest BCUT2D eigenvalue weighted by molar-refractivity contribution is 0.306. The summed E-state index contributed by atoms with van der Waals surface area (Å²) in [6, 6.07) is 20.4. The first-order valence-electron chi connectivity index (χ1n) is 8.29. The third-order valence-corrected chi connectivity index (χ3v) is 5.01. The standard InChI is InChI=1S/C22H19Br2NO/c1-15-3-4-16(2)21(11-15)25-13-18-12-20(24)9-10-22(18)26-14-17-5-7-19(23)8-6-17/h3-13H,14H2,1-2H3. The van der Waals surface area contributed by atoms with E-state index in [0.717, 1.165) is 37.1 Å². The highest BCUT2D eigenvalue weighted by Crippen LogP contribution is 2.25. The largest absolute Gasteiger partial charge is 0.488 e. The molecule has 0 radical (unpaired) electrons. The fourth-order valence-corrected chi connectivity index (χ4v) is 3.13. The Labute approximate surface area is 171 Å². The van der Waals surface area contributed by atoms with E-state index in [-0.39, 0.29) is 0 Å². The number of hydrogen-bond acceptors (Lipinski definition) is 2. The van der Waals surface area contributed by atoms with Crippen molar-refractivity contribution in [2.24, 2.45) is 4.99 Å². The second-order valence-corrected chi connectivity index (χ2v) is 7.98. The Balaban J connectivity index is 1.82. The molecule has 0 atom stereocenters. The normalized spacial score (nSPS) is 11.1. The first kappa shape index (κ1) is 18.9. The monoisotopic (exact) mass is 471 g/mol. The van der Waals surface area contributed by atoms with E-state index in [1.165, 1.54) is 5.56 Å². The zero-order valence-corrected chi connectivity index (χ0v) is 17.8. The van der Waals surface area contributed by atoms with Gasteiger partial charge in [0.05, 0.1) is 5.69 Å². The van der Waals surface area contributed by atoms with Gasteiger partial charge in [0.25, 0.3) is 0 Å². The van der Waals surface area contributed by atoms with E-state index in [4.69, 9.17) is 4.74 Å². The molecule has 2 nitrogen and oxygen atoms in total. The maximum Gasteiger partial charge on any atom is 0.128 e. The van der Waals surface area contributed by atoms with E-state index >= 15 is 0 Å². The molecule has 3 aromatic carbocycles. The van der Waals surface area contributed by atoms with Gasteiger partial charge in [-0.3, -0.25) is 4.99 Å². The average Bonchev–Trinajstić information content (AvgIpc) is 2.63. The molecule has 0 heterocycles. The van der Waals surface area contributed by atoms with E-state index in [2.05, 4.69) is 68.9 Å².